The van der Waals surface area contributed by atoms with Crippen LogP contribution in [0.2, 0.25) is 0 Å². The van der Waals surface area contributed by atoms with Crippen molar-refractivity contribution in [2.45, 2.75) is 13.0 Å². The molecule has 1 N–H and O–H groups in total. The topological polar surface area (TPSA) is 30.5 Å². The summed E-state index contributed by atoms with van der Waals surface area (Å²) in [5.41, 5.74) is 2.74. The highest BCUT2D eigenvalue weighted by Crippen LogP contribution is 2.23. The minimum atomic E-state index is 0.859. The van der Waals surface area contributed by atoms with E-state index >= 15 is 0 Å². The maximum Gasteiger partial charge on any atom is 0.225 e. The Morgan fingerprint density at radius 3 is 3.14 bits per heavy atom. The number of fused-ring (bicyclic) bond motifs is 1. The zero-order chi connectivity index (χ0) is 9.80. The summed E-state index contributed by atoms with van der Waals surface area (Å²) in [5, 5.41) is 3.33. The number of hydrogen-bond donors (Lipinski definition) is 1. The standard InChI is InChI=1S/C10H13NO2S/c1-12-14-13-10-3-2-9-7-11-5-4-8(9)6-10/h2-3,6,11H,4-5,7H2,1H3. The fraction of sp³-hybridized carbons (Fsp3) is 0.400. The lowest BCUT2D eigenvalue weighted by Crippen LogP contribution is -2.23. The predicted molar refractivity (Wildman–Crippen MR) is 57.1 cm³/mol. The van der Waals surface area contributed by atoms with Crippen LogP contribution in [0.1, 0.15) is 11.1 Å². The molecule has 0 fully saturated rings. The molecule has 0 saturated carbocycles. The molecule has 0 radical (unpaired) electrons. The molecule has 0 aromatic heterocycles. The van der Waals surface area contributed by atoms with Gasteiger partial charge in [0.15, 0.2) is 0 Å². The Labute approximate surface area is 88.2 Å². The van der Waals surface area contributed by atoms with Gasteiger partial charge in [-0.25, -0.2) is 0 Å². The summed E-state index contributed by atoms with van der Waals surface area (Å²) in [5.74, 6) is 0.859. The molecule has 14 heavy (non-hydrogen) atoms. The first-order valence-corrected chi connectivity index (χ1v) is 5.26. The van der Waals surface area contributed by atoms with Crippen LogP contribution in [-0.4, -0.2) is 13.7 Å². The molecule has 1 aromatic carbocycles. The van der Waals surface area contributed by atoms with Crippen LogP contribution in [0, 0.1) is 0 Å². The fourth-order valence-corrected chi connectivity index (χ4v) is 1.83. The summed E-state index contributed by atoms with van der Waals surface area (Å²) in [4.78, 5) is 0. The molecule has 0 amide bonds. The van der Waals surface area contributed by atoms with Gasteiger partial charge in [0.25, 0.3) is 0 Å². The van der Waals surface area contributed by atoms with Crippen LogP contribution < -0.4 is 9.50 Å². The van der Waals surface area contributed by atoms with Gasteiger partial charge in [0.2, 0.25) is 12.3 Å². The lowest BCUT2D eigenvalue weighted by molar-refractivity contribution is 0.438. The van der Waals surface area contributed by atoms with Crippen molar-refractivity contribution in [1.29, 1.82) is 0 Å². The van der Waals surface area contributed by atoms with Crippen LogP contribution in [-0.2, 0) is 17.1 Å². The van der Waals surface area contributed by atoms with Crippen molar-refractivity contribution in [1.82, 2.24) is 5.32 Å². The van der Waals surface area contributed by atoms with E-state index in [-0.39, 0.29) is 0 Å². The highest BCUT2D eigenvalue weighted by atomic mass is 32.2. The van der Waals surface area contributed by atoms with E-state index in [1.54, 1.807) is 7.11 Å². The summed E-state index contributed by atoms with van der Waals surface area (Å²) >= 11 is 0.996. The van der Waals surface area contributed by atoms with Crippen molar-refractivity contribution in [3.8, 4) is 5.75 Å². The first kappa shape index (κ1) is 9.83. The Morgan fingerprint density at radius 1 is 1.36 bits per heavy atom. The van der Waals surface area contributed by atoms with Crippen molar-refractivity contribution in [3.05, 3.63) is 29.3 Å². The van der Waals surface area contributed by atoms with Crippen LogP contribution in [0.25, 0.3) is 0 Å². The summed E-state index contributed by atoms with van der Waals surface area (Å²) in [6.45, 7) is 2.01. The number of nitrogens with one attached hydrogen (secondary N) is 1. The summed E-state index contributed by atoms with van der Waals surface area (Å²) in [7, 11) is 1.59. The van der Waals surface area contributed by atoms with Crippen molar-refractivity contribution in [2.75, 3.05) is 13.7 Å². The minimum absolute atomic E-state index is 0.859. The van der Waals surface area contributed by atoms with E-state index in [2.05, 4.69) is 17.4 Å². The quantitative estimate of drug-likeness (QED) is 0.774. The van der Waals surface area contributed by atoms with Gasteiger partial charge in [0.1, 0.15) is 5.75 Å². The molecule has 76 valence electrons. The predicted octanol–water partition coefficient (Wildman–Crippen LogP) is 1.92. The average Bonchev–Trinajstić information content (AvgIpc) is 2.26. The molecule has 1 aliphatic rings. The highest BCUT2D eigenvalue weighted by molar-refractivity contribution is 7.90. The third kappa shape index (κ3) is 2.20. The van der Waals surface area contributed by atoms with E-state index in [9.17, 15) is 0 Å². The van der Waals surface area contributed by atoms with Crippen LogP contribution in [0.4, 0.5) is 0 Å². The van der Waals surface area contributed by atoms with Gasteiger partial charge in [-0.1, -0.05) is 6.07 Å². The monoisotopic (exact) mass is 211 g/mol. The lowest BCUT2D eigenvalue weighted by Gasteiger charge is -2.17. The Hall–Kier alpha value is -0.710. The zero-order valence-corrected chi connectivity index (χ0v) is 8.89. The third-order valence-electron chi connectivity index (χ3n) is 2.26. The molecule has 2 rings (SSSR count). The molecule has 0 spiro atoms. The van der Waals surface area contributed by atoms with Crippen LogP contribution in [0.3, 0.4) is 0 Å². The van der Waals surface area contributed by atoms with Gasteiger partial charge in [-0.2, -0.15) is 0 Å². The van der Waals surface area contributed by atoms with Crippen molar-refractivity contribution < 1.29 is 8.37 Å². The summed E-state index contributed by atoms with van der Waals surface area (Å²) in [6.07, 6.45) is 1.07. The van der Waals surface area contributed by atoms with Crippen LogP contribution >= 0.6 is 12.3 Å². The SMILES string of the molecule is COSOc1ccc2c(c1)CCNC2. The fourth-order valence-electron chi connectivity index (χ4n) is 1.58. The summed E-state index contributed by atoms with van der Waals surface area (Å²) < 4.78 is 10.1. The Kier molecular flexibility index (Phi) is 3.29. The van der Waals surface area contributed by atoms with E-state index in [1.807, 2.05) is 6.07 Å². The van der Waals surface area contributed by atoms with E-state index in [4.69, 9.17) is 8.37 Å². The molecule has 1 heterocycles. The van der Waals surface area contributed by atoms with Gasteiger partial charge >= 0.3 is 0 Å². The maximum atomic E-state index is 5.30. The van der Waals surface area contributed by atoms with E-state index in [1.165, 1.54) is 11.1 Å². The average molecular weight is 211 g/mol. The molecule has 3 nitrogen and oxygen atoms in total. The van der Waals surface area contributed by atoms with Crippen LogP contribution in [0.5, 0.6) is 5.75 Å². The van der Waals surface area contributed by atoms with Gasteiger partial charge < -0.3 is 9.50 Å². The van der Waals surface area contributed by atoms with E-state index in [0.717, 1.165) is 37.6 Å². The molecule has 0 unspecified atom stereocenters. The maximum absolute atomic E-state index is 5.30. The van der Waals surface area contributed by atoms with Crippen LogP contribution in [0.15, 0.2) is 18.2 Å². The number of benzene rings is 1. The van der Waals surface area contributed by atoms with Crippen molar-refractivity contribution >= 4 is 12.3 Å². The molecular weight excluding hydrogens is 198 g/mol. The number of rotatable bonds is 3. The normalized spacial score (nSPS) is 14.9. The molecule has 1 aliphatic heterocycles. The first-order valence-electron chi connectivity index (χ1n) is 4.60. The zero-order valence-electron chi connectivity index (χ0n) is 8.08. The van der Waals surface area contributed by atoms with Gasteiger partial charge in [0, 0.05) is 6.54 Å². The Bertz CT molecular complexity index is 317. The van der Waals surface area contributed by atoms with Crippen molar-refractivity contribution in [3.63, 3.8) is 0 Å². The van der Waals surface area contributed by atoms with E-state index < -0.39 is 0 Å². The van der Waals surface area contributed by atoms with Gasteiger partial charge in [0.05, 0.1) is 7.11 Å². The molecule has 1 aromatic rings. The molecular formula is C10H13NO2S. The van der Waals surface area contributed by atoms with E-state index in [0.29, 0.717) is 0 Å². The molecule has 4 heteroatoms. The minimum Gasteiger partial charge on any atom is -0.400 e. The second-order valence-corrected chi connectivity index (χ2v) is 3.81. The third-order valence-corrected chi connectivity index (χ3v) is 2.66. The number of hydrogen-bond acceptors (Lipinski definition) is 4. The second-order valence-electron chi connectivity index (χ2n) is 3.18. The molecule has 0 aliphatic carbocycles. The molecule has 0 bridgehead atoms. The Balaban J connectivity index is 2.12. The largest absolute Gasteiger partial charge is 0.400 e. The molecule has 0 atom stereocenters. The highest BCUT2D eigenvalue weighted by Gasteiger charge is 2.09. The second kappa shape index (κ2) is 4.68. The van der Waals surface area contributed by atoms with Gasteiger partial charge in [-0.05, 0) is 36.2 Å². The lowest BCUT2D eigenvalue weighted by atomic mass is 10.0. The smallest absolute Gasteiger partial charge is 0.225 e. The van der Waals surface area contributed by atoms with Gasteiger partial charge in [-0.3, -0.25) is 4.18 Å². The Morgan fingerprint density at radius 2 is 2.29 bits per heavy atom. The first-order chi connectivity index (χ1) is 6.90. The van der Waals surface area contributed by atoms with Crippen molar-refractivity contribution in [2.24, 2.45) is 0 Å². The molecule has 0 saturated heterocycles. The summed E-state index contributed by atoms with van der Waals surface area (Å²) in [6, 6.07) is 6.16. The van der Waals surface area contributed by atoms with Gasteiger partial charge in [-0.15, -0.1) is 0 Å².